The van der Waals surface area contributed by atoms with Crippen molar-refractivity contribution in [3.8, 4) is 0 Å². The third kappa shape index (κ3) is 3.83. The number of amides is 2. The fourth-order valence-corrected chi connectivity index (χ4v) is 6.39. The van der Waals surface area contributed by atoms with Gasteiger partial charge in [-0.3, -0.25) is 14.9 Å². The van der Waals surface area contributed by atoms with Crippen LogP contribution in [0.3, 0.4) is 0 Å². The molecule has 6 nitrogen and oxygen atoms in total. The van der Waals surface area contributed by atoms with Crippen LogP contribution in [0, 0.1) is 5.82 Å². The van der Waals surface area contributed by atoms with Crippen LogP contribution in [-0.4, -0.2) is 43.6 Å². The van der Waals surface area contributed by atoms with E-state index in [-0.39, 0.29) is 22.5 Å². The monoisotopic (exact) mass is 424 g/mol. The number of thioether (sulfide) groups is 2. The summed E-state index contributed by atoms with van der Waals surface area (Å²) >= 11 is 4.43. The highest BCUT2D eigenvalue weighted by Gasteiger charge is 2.52. The van der Waals surface area contributed by atoms with E-state index in [1.807, 2.05) is 6.92 Å². The number of halogens is 1. The minimum absolute atomic E-state index is 0.0375. The van der Waals surface area contributed by atoms with Gasteiger partial charge in [0, 0.05) is 17.9 Å². The largest absolute Gasteiger partial charge is 0.315 e. The Bertz CT molecular complexity index is 875. The molecule has 2 aliphatic rings. The Balaban J connectivity index is 1.36. The van der Waals surface area contributed by atoms with E-state index in [1.165, 1.54) is 35.2 Å². The zero-order valence-electron chi connectivity index (χ0n) is 14.5. The van der Waals surface area contributed by atoms with Gasteiger partial charge in [-0.2, -0.15) is 0 Å². The highest BCUT2D eigenvalue weighted by molar-refractivity contribution is 8.01. The highest BCUT2D eigenvalue weighted by atomic mass is 32.2. The first kappa shape index (κ1) is 18.7. The molecule has 0 aliphatic carbocycles. The number of anilines is 1. The molecule has 2 fully saturated rings. The average Bonchev–Trinajstić information content (AvgIpc) is 3.31. The quantitative estimate of drug-likeness (QED) is 0.586. The molecule has 0 radical (unpaired) electrons. The summed E-state index contributed by atoms with van der Waals surface area (Å²) in [7, 11) is 0. The molecule has 4 rings (SSSR count). The maximum Gasteiger partial charge on any atom is 0.249 e. The van der Waals surface area contributed by atoms with Gasteiger partial charge in [0.2, 0.25) is 16.9 Å². The van der Waals surface area contributed by atoms with E-state index in [1.54, 1.807) is 28.8 Å². The molecule has 0 bridgehead atoms. The Labute approximate surface area is 168 Å². The molecule has 2 saturated heterocycles. The Hall–Kier alpha value is -1.65. The van der Waals surface area contributed by atoms with Crippen LogP contribution in [0.1, 0.15) is 25.3 Å². The second-order valence-electron chi connectivity index (χ2n) is 6.54. The number of nitrogens with one attached hydrogen (secondary N) is 1. The summed E-state index contributed by atoms with van der Waals surface area (Å²) in [6.07, 6.45) is 1.28. The summed E-state index contributed by atoms with van der Waals surface area (Å²) in [5.74, 6) is 0.799. The summed E-state index contributed by atoms with van der Waals surface area (Å²) < 4.78 is 13.7. The number of hydrogen-bond acceptors (Lipinski definition) is 7. The third-order valence-corrected chi connectivity index (χ3v) is 8.21. The van der Waals surface area contributed by atoms with Crippen molar-refractivity contribution in [2.75, 3.05) is 11.1 Å². The minimum Gasteiger partial charge on any atom is -0.315 e. The lowest BCUT2D eigenvalue weighted by molar-refractivity contribution is -0.135. The number of benzene rings is 1. The van der Waals surface area contributed by atoms with Crippen molar-refractivity contribution in [2.45, 2.75) is 40.8 Å². The van der Waals surface area contributed by atoms with Crippen molar-refractivity contribution in [3.63, 3.8) is 0 Å². The van der Waals surface area contributed by atoms with Gasteiger partial charge in [0.15, 0.2) is 4.34 Å². The maximum atomic E-state index is 12.9. The Kier molecular flexibility index (Phi) is 5.13. The molecule has 2 atom stereocenters. The molecular formula is C17H17FN4O2S3. The van der Waals surface area contributed by atoms with Crippen molar-refractivity contribution in [2.24, 2.45) is 0 Å². The van der Waals surface area contributed by atoms with Crippen LogP contribution in [0.4, 0.5) is 9.52 Å². The van der Waals surface area contributed by atoms with Gasteiger partial charge in [-0.25, -0.2) is 4.39 Å². The van der Waals surface area contributed by atoms with Gasteiger partial charge in [0.05, 0.1) is 4.87 Å². The Morgan fingerprint density at radius 1 is 1.41 bits per heavy atom. The predicted octanol–water partition coefficient (Wildman–Crippen LogP) is 3.36. The van der Waals surface area contributed by atoms with Crippen LogP contribution in [-0.2, 0) is 15.3 Å². The summed E-state index contributed by atoms with van der Waals surface area (Å²) in [6.45, 7) is 2.02. The van der Waals surface area contributed by atoms with Crippen LogP contribution >= 0.6 is 34.9 Å². The van der Waals surface area contributed by atoms with Crippen LogP contribution < -0.4 is 5.32 Å². The van der Waals surface area contributed by atoms with E-state index in [4.69, 9.17) is 0 Å². The smallest absolute Gasteiger partial charge is 0.249 e. The van der Waals surface area contributed by atoms with Gasteiger partial charge in [-0.05, 0) is 31.0 Å². The standard InChI is InChI=1S/C17H17FN4O2S3/c1-17-7-6-13(23)22(17)12(9-26-17)14(24)19-15-20-21-16(27-15)25-8-10-2-4-11(18)5-3-10/h2-5,12H,6-9H2,1H3,(H,19,20,24)/t12-,17+/m1/s1. The molecule has 0 spiro atoms. The zero-order chi connectivity index (χ0) is 19.0. The van der Waals surface area contributed by atoms with Gasteiger partial charge in [-0.1, -0.05) is 35.2 Å². The fraction of sp³-hybridized carbons (Fsp3) is 0.412. The molecule has 2 aliphatic heterocycles. The topological polar surface area (TPSA) is 75.2 Å². The van der Waals surface area contributed by atoms with E-state index in [9.17, 15) is 14.0 Å². The molecule has 0 saturated carbocycles. The van der Waals surface area contributed by atoms with Gasteiger partial charge in [-0.15, -0.1) is 22.0 Å². The second-order valence-corrected chi connectivity index (χ2v) is 10.2. The molecule has 1 aromatic heterocycles. The second kappa shape index (κ2) is 7.40. The lowest BCUT2D eigenvalue weighted by Gasteiger charge is -2.29. The summed E-state index contributed by atoms with van der Waals surface area (Å²) in [4.78, 5) is 26.3. The molecule has 10 heteroatoms. The molecule has 1 aromatic carbocycles. The van der Waals surface area contributed by atoms with Crippen LogP contribution in [0.2, 0.25) is 0 Å². The van der Waals surface area contributed by atoms with E-state index < -0.39 is 6.04 Å². The molecule has 2 aromatic rings. The van der Waals surface area contributed by atoms with Crippen molar-refractivity contribution >= 4 is 51.8 Å². The lowest BCUT2D eigenvalue weighted by atomic mass is 10.2. The number of hydrogen-bond donors (Lipinski definition) is 1. The molecule has 1 N–H and O–H groups in total. The number of rotatable bonds is 5. The zero-order valence-corrected chi connectivity index (χ0v) is 16.9. The van der Waals surface area contributed by atoms with Crippen molar-refractivity contribution in [3.05, 3.63) is 35.6 Å². The highest BCUT2D eigenvalue weighted by Crippen LogP contribution is 2.47. The average molecular weight is 425 g/mol. The SMILES string of the molecule is C[C@]12CCC(=O)N1[C@@H](C(=O)Nc1nnc(SCc3ccc(F)cc3)s1)CS2. The Morgan fingerprint density at radius 2 is 2.19 bits per heavy atom. The molecular weight excluding hydrogens is 407 g/mol. The van der Waals surface area contributed by atoms with Crippen LogP contribution in [0.25, 0.3) is 0 Å². The van der Waals surface area contributed by atoms with Crippen LogP contribution in [0.15, 0.2) is 28.6 Å². The lowest BCUT2D eigenvalue weighted by Crippen LogP contribution is -2.48. The van der Waals surface area contributed by atoms with Crippen molar-refractivity contribution in [1.29, 1.82) is 0 Å². The number of carbonyl (C=O) groups is 2. The first-order chi connectivity index (χ1) is 12.9. The summed E-state index contributed by atoms with van der Waals surface area (Å²) in [5, 5.41) is 11.3. The number of aromatic nitrogens is 2. The normalized spacial score (nSPS) is 24.3. The number of nitrogens with zero attached hydrogens (tertiary/aromatic N) is 3. The molecule has 2 amide bonds. The molecule has 142 valence electrons. The Morgan fingerprint density at radius 3 is 2.96 bits per heavy atom. The maximum absolute atomic E-state index is 12.9. The minimum atomic E-state index is -0.464. The predicted molar refractivity (Wildman–Crippen MR) is 105 cm³/mol. The van der Waals surface area contributed by atoms with E-state index in [0.29, 0.717) is 23.1 Å². The summed E-state index contributed by atoms with van der Waals surface area (Å²) in [6, 6.07) is 5.85. The molecule has 27 heavy (non-hydrogen) atoms. The van der Waals surface area contributed by atoms with E-state index in [2.05, 4.69) is 15.5 Å². The molecule has 3 heterocycles. The van der Waals surface area contributed by atoms with Crippen LogP contribution in [0.5, 0.6) is 0 Å². The van der Waals surface area contributed by atoms with Gasteiger partial charge in [0.25, 0.3) is 0 Å². The van der Waals surface area contributed by atoms with E-state index in [0.717, 1.165) is 16.3 Å². The first-order valence-electron chi connectivity index (χ1n) is 8.42. The van der Waals surface area contributed by atoms with Gasteiger partial charge in [0.1, 0.15) is 11.9 Å². The third-order valence-electron chi connectivity index (χ3n) is 4.66. The fourth-order valence-electron chi connectivity index (χ4n) is 3.25. The number of fused-ring (bicyclic) bond motifs is 1. The summed E-state index contributed by atoms with van der Waals surface area (Å²) in [5.41, 5.74) is 0.983. The van der Waals surface area contributed by atoms with Gasteiger partial charge >= 0.3 is 0 Å². The number of carbonyl (C=O) groups excluding carboxylic acids is 2. The van der Waals surface area contributed by atoms with Crippen molar-refractivity contribution < 1.29 is 14.0 Å². The first-order valence-corrected chi connectivity index (χ1v) is 11.2. The van der Waals surface area contributed by atoms with E-state index >= 15 is 0 Å². The molecule has 0 unspecified atom stereocenters. The van der Waals surface area contributed by atoms with Crippen molar-refractivity contribution in [1.82, 2.24) is 15.1 Å². The van der Waals surface area contributed by atoms with Gasteiger partial charge < -0.3 is 4.90 Å².